The van der Waals surface area contributed by atoms with Gasteiger partial charge in [-0.1, -0.05) is 42.5 Å². The third-order valence-corrected chi connectivity index (χ3v) is 4.93. The van der Waals surface area contributed by atoms with Crippen molar-refractivity contribution in [2.24, 2.45) is 0 Å². The van der Waals surface area contributed by atoms with Gasteiger partial charge in [0.15, 0.2) is 0 Å². The van der Waals surface area contributed by atoms with Crippen LogP contribution >= 0.6 is 23.2 Å². The van der Waals surface area contributed by atoms with Gasteiger partial charge in [-0.25, -0.2) is 0 Å². The zero-order valence-electron chi connectivity index (χ0n) is 15.4. The molecule has 1 aliphatic rings. The van der Waals surface area contributed by atoms with Crippen molar-refractivity contribution in [2.75, 3.05) is 20.6 Å². The molecule has 2 rings (SSSR count). The van der Waals surface area contributed by atoms with Crippen LogP contribution in [-0.2, 0) is 0 Å². The van der Waals surface area contributed by atoms with Crippen molar-refractivity contribution in [1.29, 1.82) is 0 Å². The van der Waals surface area contributed by atoms with Crippen molar-refractivity contribution >= 4 is 29.1 Å². The number of rotatable bonds is 4. The number of nitrogens with zero attached hydrogens (tertiary/aromatic N) is 1. The minimum atomic E-state index is -0.552. The zero-order chi connectivity index (χ0) is 18.1. The Labute approximate surface area is 140 Å². The Hall–Kier alpha value is -0.770. The van der Waals surface area contributed by atoms with Crippen molar-refractivity contribution in [3.05, 3.63) is 33.7 Å². The minimum Gasteiger partial charge on any atom is -0.350 e. The van der Waals surface area contributed by atoms with Gasteiger partial charge in [0.05, 0.1) is 14.2 Å². The van der Waals surface area contributed by atoms with E-state index in [0.717, 1.165) is 25.7 Å². The molecular weight excluding hydrogens is 307 g/mol. The molecule has 0 saturated heterocycles. The summed E-state index contributed by atoms with van der Waals surface area (Å²) in [5.41, 5.74) is -0.308. The van der Waals surface area contributed by atoms with Crippen molar-refractivity contribution in [1.82, 2.24) is 10.2 Å². The van der Waals surface area contributed by atoms with Crippen LogP contribution in [0.25, 0.3) is 0 Å². The number of benzene rings is 1. The standard InChI is InChI=1S/C16H22Cl2N2O/c1-20(2)16(8-4-3-5-9-16)11-19-15(21)12-6-7-13(17)14(18)10-12/h6-7,10H,3-5,8-9,11H2,1-2H3,(H,19,21)/i6D,7D,10D. The van der Waals surface area contributed by atoms with E-state index in [4.69, 9.17) is 27.3 Å². The highest BCUT2D eigenvalue weighted by Crippen LogP contribution is 2.31. The molecule has 1 saturated carbocycles. The maximum absolute atomic E-state index is 12.6. The lowest BCUT2D eigenvalue weighted by molar-refractivity contribution is 0.0799. The van der Waals surface area contributed by atoms with Crippen LogP contribution in [0.1, 0.15) is 46.6 Å². The topological polar surface area (TPSA) is 32.3 Å². The molecule has 1 N–H and O–H groups in total. The van der Waals surface area contributed by atoms with Gasteiger partial charge in [-0.15, -0.1) is 0 Å². The summed E-state index contributed by atoms with van der Waals surface area (Å²) in [5, 5.41) is 2.51. The molecule has 116 valence electrons. The molecule has 1 amide bonds. The highest BCUT2D eigenvalue weighted by atomic mass is 35.5. The molecule has 1 aliphatic carbocycles. The van der Waals surface area contributed by atoms with Crippen LogP contribution in [0.4, 0.5) is 0 Å². The number of carbonyl (C=O) groups is 1. The molecule has 0 bridgehead atoms. The summed E-state index contributed by atoms with van der Waals surface area (Å²) in [6, 6.07) is -1.00. The zero-order valence-corrected chi connectivity index (χ0v) is 13.9. The van der Waals surface area contributed by atoms with Gasteiger partial charge in [0, 0.05) is 17.6 Å². The van der Waals surface area contributed by atoms with Crippen LogP contribution in [0.2, 0.25) is 10.0 Å². The van der Waals surface area contributed by atoms with E-state index in [1.165, 1.54) is 6.42 Å². The van der Waals surface area contributed by atoms with Gasteiger partial charge >= 0.3 is 0 Å². The van der Waals surface area contributed by atoms with Crippen LogP contribution in [-0.4, -0.2) is 37.0 Å². The number of carbonyl (C=O) groups excluding carboxylic acids is 1. The van der Waals surface area contributed by atoms with E-state index in [9.17, 15) is 4.79 Å². The highest BCUT2D eigenvalue weighted by Gasteiger charge is 2.34. The van der Waals surface area contributed by atoms with E-state index in [-0.39, 0.29) is 39.3 Å². The van der Waals surface area contributed by atoms with Gasteiger partial charge in [0.1, 0.15) is 0 Å². The highest BCUT2D eigenvalue weighted by molar-refractivity contribution is 6.42. The van der Waals surface area contributed by atoms with Crippen LogP contribution in [0.5, 0.6) is 0 Å². The van der Waals surface area contributed by atoms with Gasteiger partial charge in [-0.2, -0.15) is 0 Å². The fourth-order valence-corrected chi connectivity index (χ4v) is 3.04. The van der Waals surface area contributed by atoms with E-state index in [0.29, 0.717) is 6.54 Å². The number of halogens is 2. The monoisotopic (exact) mass is 331 g/mol. The summed E-state index contributed by atoms with van der Waals surface area (Å²) in [5.74, 6) is -0.552. The molecule has 0 spiro atoms. The molecule has 1 fully saturated rings. The minimum absolute atomic E-state index is 0.113. The Morgan fingerprint density at radius 1 is 1.29 bits per heavy atom. The van der Waals surface area contributed by atoms with Crippen molar-refractivity contribution < 1.29 is 8.91 Å². The molecule has 1 aromatic carbocycles. The predicted octanol–water partition coefficient (Wildman–Crippen LogP) is 3.99. The van der Waals surface area contributed by atoms with E-state index in [1.54, 1.807) is 0 Å². The average Bonchev–Trinajstić information content (AvgIpc) is 2.57. The van der Waals surface area contributed by atoms with E-state index >= 15 is 0 Å². The van der Waals surface area contributed by atoms with E-state index < -0.39 is 5.91 Å². The van der Waals surface area contributed by atoms with Crippen LogP contribution < -0.4 is 5.32 Å². The molecular formula is C16H22Cl2N2O. The first-order valence-corrected chi connectivity index (χ1v) is 7.87. The second-order valence-corrected chi connectivity index (χ2v) is 6.50. The molecule has 0 heterocycles. The normalized spacial score (nSPS) is 19.8. The molecule has 0 unspecified atom stereocenters. The molecule has 3 nitrogen and oxygen atoms in total. The van der Waals surface area contributed by atoms with Crippen LogP contribution in [0.15, 0.2) is 18.1 Å². The maximum Gasteiger partial charge on any atom is 0.251 e. The Morgan fingerprint density at radius 3 is 2.57 bits per heavy atom. The van der Waals surface area contributed by atoms with Gasteiger partial charge in [0.2, 0.25) is 0 Å². The summed E-state index contributed by atoms with van der Waals surface area (Å²) in [7, 11) is 4.01. The average molecular weight is 332 g/mol. The number of amides is 1. The van der Waals surface area contributed by atoms with Crippen molar-refractivity contribution in [3.63, 3.8) is 0 Å². The third kappa shape index (κ3) is 3.91. The summed E-state index contributed by atoms with van der Waals surface area (Å²) >= 11 is 11.7. The molecule has 1 aromatic rings. The lowest BCUT2D eigenvalue weighted by Crippen LogP contribution is -2.53. The Balaban J connectivity index is 2.24. The van der Waals surface area contributed by atoms with Gasteiger partial charge in [-0.05, 0) is 45.1 Å². The first-order valence-electron chi connectivity index (χ1n) is 8.61. The van der Waals surface area contributed by atoms with Crippen molar-refractivity contribution in [3.8, 4) is 0 Å². The Bertz CT molecular complexity index is 618. The number of likely N-dealkylation sites (N-methyl/N-ethyl adjacent to an activating group) is 1. The fourth-order valence-electron chi connectivity index (χ4n) is 2.81. The van der Waals surface area contributed by atoms with Crippen LogP contribution in [0.3, 0.4) is 0 Å². The molecule has 0 aromatic heterocycles. The molecule has 5 heteroatoms. The summed E-state index contributed by atoms with van der Waals surface area (Å²) in [6.07, 6.45) is 5.42. The fraction of sp³-hybridized carbons (Fsp3) is 0.562. The summed E-state index contributed by atoms with van der Waals surface area (Å²) in [4.78, 5) is 14.7. The lowest BCUT2D eigenvalue weighted by Gasteiger charge is -2.43. The van der Waals surface area contributed by atoms with Gasteiger partial charge in [0.25, 0.3) is 5.91 Å². The quantitative estimate of drug-likeness (QED) is 0.904. The number of hydrogen-bond acceptors (Lipinski definition) is 2. The summed E-state index contributed by atoms with van der Waals surface area (Å²) in [6.45, 7) is 0.436. The second-order valence-electron chi connectivity index (χ2n) is 5.74. The summed E-state index contributed by atoms with van der Waals surface area (Å²) < 4.78 is 23.7. The largest absolute Gasteiger partial charge is 0.350 e. The SMILES string of the molecule is [2H]c1c([2H])c(C(=O)NCC2(N(C)C)CCCCC2)c([2H])c(Cl)c1Cl. The Morgan fingerprint density at radius 2 is 1.95 bits per heavy atom. The van der Waals surface area contributed by atoms with Crippen molar-refractivity contribution in [2.45, 2.75) is 37.6 Å². The van der Waals surface area contributed by atoms with Gasteiger partial charge in [-0.3, -0.25) is 4.79 Å². The molecule has 0 radical (unpaired) electrons. The third-order valence-electron chi connectivity index (χ3n) is 4.26. The number of nitrogens with one attached hydrogen (secondary N) is 1. The molecule has 0 atom stereocenters. The molecule has 0 aliphatic heterocycles. The number of hydrogen-bond donors (Lipinski definition) is 1. The second kappa shape index (κ2) is 6.99. The smallest absolute Gasteiger partial charge is 0.251 e. The Kier molecular flexibility index (Phi) is 4.24. The first-order chi connectivity index (χ1) is 11.2. The van der Waals surface area contributed by atoms with Crippen LogP contribution in [0, 0.1) is 0 Å². The maximum atomic E-state index is 12.6. The van der Waals surface area contributed by atoms with Gasteiger partial charge < -0.3 is 10.2 Å². The van der Waals surface area contributed by atoms with E-state index in [2.05, 4.69) is 10.2 Å². The van der Waals surface area contributed by atoms with E-state index in [1.807, 2.05) is 14.1 Å². The molecule has 21 heavy (non-hydrogen) atoms. The lowest BCUT2D eigenvalue weighted by atomic mass is 9.80. The predicted molar refractivity (Wildman–Crippen MR) is 88.3 cm³/mol. The first kappa shape index (κ1) is 12.7.